The van der Waals surface area contributed by atoms with Crippen LogP contribution in [0, 0.1) is 0 Å². The summed E-state index contributed by atoms with van der Waals surface area (Å²) in [6.07, 6.45) is 3.61. The number of carboxylic acids is 2. The van der Waals surface area contributed by atoms with Crippen molar-refractivity contribution in [2.45, 2.75) is 6.42 Å². The van der Waals surface area contributed by atoms with Crippen molar-refractivity contribution in [1.82, 2.24) is 4.98 Å². The number of para-hydroxylation sites is 1. The predicted octanol–water partition coefficient (Wildman–Crippen LogP) is 3.44. The fourth-order valence-electron chi connectivity index (χ4n) is 2.44. The fourth-order valence-corrected chi connectivity index (χ4v) is 2.44. The van der Waals surface area contributed by atoms with Crippen molar-refractivity contribution in [2.24, 2.45) is 10.7 Å². The summed E-state index contributed by atoms with van der Waals surface area (Å²) in [5.41, 5.74) is 9.15. The average Bonchev–Trinajstić information content (AvgIpc) is 2.75. The molecule has 0 aliphatic heterocycles. The van der Waals surface area contributed by atoms with Crippen LogP contribution in [0.15, 0.2) is 96.1 Å². The van der Waals surface area contributed by atoms with Crippen molar-refractivity contribution >= 4 is 29.4 Å². The molecule has 0 aliphatic rings. The average molecular weight is 418 g/mol. The molecule has 8 heteroatoms. The molecular formula is C23H22N4O4. The maximum Gasteiger partial charge on any atom is 0.328 e. The Hall–Kier alpha value is -4.46. The molecular weight excluding hydrogens is 396 g/mol. The molecule has 3 aromatic rings. The van der Waals surface area contributed by atoms with Gasteiger partial charge >= 0.3 is 11.9 Å². The number of aliphatic carboxylic acids is 2. The van der Waals surface area contributed by atoms with Crippen LogP contribution >= 0.6 is 0 Å². The van der Waals surface area contributed by atoms with Crippen molar-refractivity contribution in [2.75, 3.05) is 5.32 Å². The van der Waals surface area contributed by atoms with Gasteiger partial charge in [-0.2, -0.15) is 4.99 Å². The summed E-state index contributed by atoms with van der Waals surface area (Å²) in [4.78, 5) is 27.9. The van der Waals surface area contributed by atoms with Crippen molar-refractivity contribution < 1.29 is 19.8 Å². The number of pyridine rings is 1. The number of anilines is 1. The second-order valence-electron chi connectivity index (χ2n) is 6.15. The number of hydrogen-bond acceptors (Lipinski definition) is 4. The number of hydrogen-bond donors (Lipinski definition) is 4. The number of nitrogens with two attached hydrogens (primary N) is 1. The second kappa shape index (κ2) is 12.2. The molecule has 8 nitrogen and oxygen atoms in total. The molecule has 5 N–H and O–H groups in total. The van der Waals surface area contributed by atoms with E-state index in [-0.39, 0.29) is 0 Å². The Labute approximate surface area is 179 Å². The molecule has 1 aromatic heterocycles. The fraction of sp³-hybridized carbons (Fsp3) is 0.0435. The molecule has 0 saturated carbocycles. The molecule has 0 aliphatic carbocycles. The van der Waals surface area contributed by atoms with Gasteiger partial charge in [0.25, 0.3) is 0 Å². The molecule has 0 fully saturated rings. The van der Waals surface area contributed by atoms with Crippen LogP contribution in [0.5, 0.6) is 0 Å². The third-order valence-electron chi connectivity index (χ3n) is 3.75. The summed E-state index contributed by atoms with van der Waals surface area (Å²) in [5, 5.41) is 18.7. The van der Waals surface area contributed by atoms with Crippen molar-refractivity contribution in [3.8, 4) is 0 Å². The summed E-state index contributed by atoms with van der Waals surface area (Å²) >= 11 is 0. The molecule has 0 bridgehead atoms. The minimum Gasteiger partial charge on any atom is -0.478 e. The highest BCUT2D eigenvalue weighted by Crippen LogP contribution is 2.19. The number of nitrogens with one attached hydrogen (secondary N) is 1. The van der Waals surface area contributed by atoms with Crippen molar-refractivity contribution in [1.29, 1.82) is 0 Å². The predicted molar refractivity (Wildman–Crippen MR) is 119 cm³/mol. The third-order valence-corrected chi connectivity index (χ3v) is 3.75. The number of rotatable bonds is 6. The van der Waals surface area contributed by atoms with E-state index in [0.717, 1.165) is 17.7 Å². The van der Waals surface area contributed by atoms with Crippen LogP contribution in [-0.4, -0.2) is 33.1 Å². The normalized spacial score (nSPS) is 10.8. The maximum atomic E-state index is 9.55. The zero-order valence-electron chi connectivity index (χ0n) is 16.6. The standard InChI is InChI=1S/C19H18N4.C4H4O4/c20-19(22-17-11-5-2-6-12-17)23-18-16(10-7-13-21-18)14-15-8-3-1-4-9-15;5-3(6)1-2-4(7)8/h1-13H,14H2,(H3,20,21,22,23);1-2H,(H,5,6)(H,7,8)/b;2-1-. The Kier molecular flexibility index (Phi) is 8.97. The van der Waals surface area contributed by atoms with E-state index in [2.05, 4.69) is 27.4 Å². The first-order valence-electron chi connectivity index (χ1n) is 9.22. The lowest BCUT2D eigenvalue weighted by Gasteiger charge is -2.08. The quantitative estimate of drug-likeness (QED) is 0.273. The lowest BCUT2D eigenvalue weighted by Crippen LogP contribution is -2.22. The molecule has 0 saturated heterocycles. The molecule has 0 radical (unpaired) electrons. The third kappa shape index (κ3) is 9.05. The summed E-state index contributed by atoms with van der Waals surface area (Å²) < 4.78 is 0. The number of carboxylic acid groups (broad SMARTS) is 2. The number of carbonyl (C=O) groups is 2. The number of guanidine groups is 1. The molecule has 158 valence electrons. The Morgan fingerprint density at radius 2 is 1.48 bits per heavy atom. The number of benzene rings is 2. The van der Waals surface area contributed by atoms with Crippen LogP contribution in [-0.2, 0) is 16.0 Å². The minimum absolute atomic E-state index is 0.323. The number of aliphatic imine (C=N–C) groups is 1. The van der Waals surface area contributed by atoms with E-state index in [4.69, 9.17) is 15.9 Å². The molecule has 2 aromatic carbocycles. The van der Waals surface area contributed by atoms with Crippen molar-refractivity contribution in [3.63, 3.8) is 0 Å². The van der Waals surface area contributed by atoms with Crippen LogP contribution in [0.1, 0.15) is 11.1 Å². The van der Waals surface area contributed by atoms with Gasteiger partial charge in [-0.05, 0) is 23.8 Å². The SMILES string of the molecule is NC(=Nc1ncccc1Cc1ccccc1)Nc1ccccc1.O=C(O)/C=C\C(=O)O. The second-order valence-corrected chi connectivity index (χ2v) is 6.15. The first-order chi connectivity index (χ1) is 14.9. The highest BCUT2D eigenvalue weighted by molar-refractivity contribution is 5.93. The van der Waals surface area contributed by atoms with Gasteiger partial charge in [0.2, 0.25) is 0 Å². The molecule has 31 heavy (non-hydrogen) atoms. The van der Waals surface area contributed by atoms with E-state index in [1.165, 1.54) is 5.56 Å². The van der Waals surface area contributed by atoms with Crippen LogP contribution in [0.3, 0.4) is 0 Å². The van der Waals surface area contributed by atoms with Gasteiger partial charge in [-0.15, -0.1) is 0 Å². The van der Waals surface area contributed by atoms with Gasteiger partial charge in [0.05, 0.1) is 0 Å². The summed E-state index contributed by atoms with van der Waals surface area (Å²) in [6.45, 7) is 0. The van der Waals surface area contributed by atoms with Gasteiger partial charge in [0, 0.05) is 36.0 Å². The molecule has 3 rings (SSSR count). The summed E-state index contributed by atoms with van der Waals surface area (Å²) in [6, 6.07) is 23.9. The van der Waals surface area contributed by atoms with Gasteiger partial charge in [-0.3, -0.25) is 0 Å². The lowest BCUT2D eigenvalue weighted by molar-refractivity contribution is -0.134. The first-order valence-corrected chi connectivity index (χ1v) is 9.22. The summed E-state index contributed by atoms with van der Waals surface area (Å²) in [7, 11) is 0. The van der Waals surface area contributed by atoms with Gasteiger partial charge in [0.15, 0.2) is 11.8 Å². The van der Waals surface area contributed by atoms with E-state index < -0.39 is 11.9 Å². The Balaban J connectivity index is 0.000000366. The summed E-state index contributed by atoms with van der Waals surface area (Å²) in [5.74, 6) is -1.55. The lowest BCUT2D eigenvalue weighted by atomic mass is 10.1. The molecule has 0 spiro atoms. The zero-order chi connectivity index (χ0) is 22.5. The smallest absolute Gasteiger partial charge is 0.328 e. The van der Waals surface area contributed by atoms with Gasteiger partial charge in [0.1, 0.15) is 0 Å². The number of aromatic nitrogens is 1. The first kappa shape index (κ1) is 22.8. The Morgan fingerprint density at radius 1 is 0.903 bits per heavy atom. The van der Waals surface area contributed by atoms with Gasteiger partial charge in [-0.25, -0.2) is 14.6 Å². The maximum absolute atomic E-state index is 9.55. The topological polar surface area (TPSA) is 138 Å². The number of nitrogens with zero attached hydrogens (tertiary/aromatic N) is 2. The van der Waals surface area contributed by atoms with Crippen LogP contribution in [0.4, 0.5) is 11.5 Å². The molecule has 1 heterocycles. The van der Waals surface area contributed by atoms with E-state index >= 15 is 0 Å². The van der Waals surface area contributed by atoms with E-state index in [1.54, 1.807) is 6.20 Å². The highest BCUT2D eigenvalue weighted by atomic mass is 16.4. The van der Waals surface area contributed by atoms with E-state index in [0.29, 0.717) is 23.9 Å². The van der Waals surface area contributed by atoms with Crippen LogP contribution in [0.2, 0.25) is 0 Å². The molecule has 0 amide bonds. The van der Waals surface area contributed by atoms with Crippen LogP contribution in [0.25, 0.3) is 0 Å². The minimum atomic E-state index is -1.26. The van der Waals surface area contributed by atoms with Gasteiger partial charge in [-0.1, -0.05) is 54.6 Å². The highest BCUT2D eigenvalue weighted by Gasteiger charge is 2.05. The largest absolute Gasteiger partial charge is 0.478 e. The van der Waals surface area contributed by atoms with E-state index in [1.807, 2.05) is 60.7 Å². The Bertz CT molecular complexity index is 1040. The van der Waals surface area contributed by atoms with Crippen molar-refractivity contribution in [3.05, 3.63) is 102 Å². The monoisotopic (exact) mass is 418 g/mol. The zero-order valence-corrected chi connectivity index (χ0v) is 16.6. The molecule has 0 unspecified atom stereocenters. The van der Waals surface area contributed by atoms with Crippen LogP contribution < -0.4 is 11.1 Å². The van der Waals surface area contributed by atoms with Gasteiger partial charge < -0.3 is 21.3 Å². The Morgan fingerprint density at radius 3 is 2.06 bits per heavy atom. The van der Waals surface area contributed by atoms with E-state index in [9.17, 15) is 9.59 Å². The molecule has 0 atom stereocenters.